The average Bonchev–Trinajstić information content (AvgIpc) is 2.32. The van der Waals surface area contributed by atoms with Gasteiger partial charge in [-0.3, -0.25) is 0 Å². The van der Waals surface area contributed by atoms with Crippen molar-refractivity contribution in [3.8, 4) is 0 Å². The summed E-state index contributed by atoms with van der Waals surface area (Å²) in [6.07, 6.45) is 5.83. The smallest absolute Gasteiger partial charge is 0.123 e. The second-order valence-corrected chi connectivity index (χ2v) is 5.32. The Kier molecular flexibility index (Phi) is 6.34. The summed E-state index contributed by atoms with van der Waals surface area (Å²) in [6, 6.07) is 5.08. The Morgan fingerprint density at radius 2 is 1.94 bits per heavy atom. The van der Waals surface area contributed by atoms with Crippen molar-refractivity contribution in [2.24, 2.45) is 11.7 Å². The fraction of sp³-hybridized carbons (Fsp3) is 0.625. The molecule has 0 fully saturated rings. The third kappa shape index (κ3) is 4.77. The molecule has 0 aliphatic heterocycles. The second kappa shape index (κ2) is 7.52. The molecule has 0 saturated heterocycles. The molecule has 2 N–H and O–H groups in total. The molecule has 0 spiro atoms. The predicted octanol–water partition coefficient (Wildman–Crippen LogP) is 4.74. The minimum absolute atomic E-state index is 0.0405. The maximum absolute atomic E-state index is 13.4. The van der Waals surface area contributed by atoms with Crippen molar-refractivity contribution in [2.45, 2.75) is 58.9 Å². The average molecular weight is 251 g/mol. The van der Waals surface area contributed by atoms with Gasteiger partial charge in [0.05, 0.1) is 0 Å². The van der Waals surface area contributed by atoms with Crippen LogP contribution in [0.15, 0.2) is 18.2 Å². The second-order valence-electron chi connectivity index (χ2n) is 5.32. The molecule has 0 aromatic heterocycles. The summed E-state index contributed by atoms with van der Waals surface area (Å²) in [5, 5.41) is 0. The Morgan fingerprint density at radius 3 is 2.50 bits per heavy atom. The van der Waals surface area contributed by atoms with Crippen molar-refractivity contribution in [1.82, 2.24) is 0 Å². The lowest BCUT2D eigenvalue weighted by Crippen LogP contribution is -2.15. The Labute approximate surface area is 111 Å². The molecule has 2 atom stereocenters. The summed E-state index contributed by atoms with van der Waals surface area (Å²) in [5.74, 6) is 0.477. The largest absolute Gasteiger partial charge is 0.324 e. The number of rotatable bonds is 7. The van der Waals surface area contributed by atoms with Crippen LogP contribution in [0, 0.1) is 18.7 Å². The van der Waals surface area contributed by atoms with Gasteiger partial charge in [-0.1, -0.05) is 45.6 Å². The van der Waals surface area contributed by atoms with Crippen LogP contribution in [-0.4, -0.2) is 0 Å². The molecule has 1 rings (SSSR count). The van der Waals surface area contributed by atoms with Crippen molar-refractivity contribution in [3.05, 3.63) is 35.1 Å². The van der Waals surface area contributed by atoms with E-state index in [-0.39, 0.29) is 11.9 Å². The predicted molar refractivity (Wildman–Crippen MR) is 76.0 cm³/mol. The maximum atomic E-state index is 13.4. The number of nitrogens with two attached hydrogens (primary N) is 1. The van der Waals surface area contributed by atoms with E-state index in [1.807, 2.05) is 13.0 Å². The Hall–Kier alpha value is -0.890. The molecule has 0 amide bonds. The van der Waals surface area contributed by atoms with Gasteiger partial charge in [-0.2, -0.15) is 0 Å². The van der Waals surface area contributed by atoms with Gasteiger partial charge in [0.1, 0.15) is 5.82 Å². The summed E-state index contributed by atoms with van der Waals surface area (Å²) < 4.78 is 13.4. The van der Waals surface area contributed by atoms with Gasteiger partial charge < -0.3 is 5.73 Å². The van der Waals surface area contributed by atoms with Gasteiger partial charge >= 0.3 is 0 Å². The highest BCUT2D eigenvalue weighted by atomic mass is 19.1. The molecule has 2 unspecified atom stereocenters. The molecule has 1 aromatic carbocycles. The summed E-state index contributed by atoms with van der Waals surface area (Å²) in [4.78, 5) is 0. The molecule has 0 radical (unpaired) electrons. The van der Waals surface area contributed by atoms with Crippen LogP contribution in [0.5, 0.6) is 0 Å². The van der Waals surface area contributed by atoms with Gasteiger partial charge in [-0.25, -0.2) is 4.39 Å². The van der Waals surface area contributed by atoms with Crippen molar-refractivity contribution in [2.75, 3.05) is 0 Å². The topological polar surface area (TPSA) is 26.0 Å². The SMILES string of the molecule is CCCCC(CC)CC(N)c1cc(C)cc(F)c1. The molecule has 102 valence electrons. The lowest BCUT2D eigenvalue weighted by molar-refractivity contribution is 0.388. The first-order valence-corrected chi connectivity index (χ1v) is 7.09. The summed E-state index contributed by atoms with van der Waals surface area (Å²) in [7, 11) is 0. The Balaban J connectivity index is 2.65. The van der Waals surface area contributed by atoms with E-state index < -0.39 is 0 Å². The zero-order valence-electron chi connectivity index (χ0n) is 11.9. The number of halogens is 1. The van der Waals surface area contributed by atoms with Gasteiger partial charge in [0.25, 0.3) is 0 Å². The van der Waals surface area contributed by atoms with E-state index in [0.29, 0.717) is 5.92 Å². The summed E-state index contributed by atoms with van der Waals surface area (Å²) >= 11 is 0. The summed E-state index contributed by atoms with van der Waals surface area (Å²) in [5.41, 5.74) is 8.09. The third-order valence-corrected chi connectivity index (χ3v) is 3.62. The standard InChI is InChI=1S/C16H26FN/c1-4-6-7-13(5-2)10-16(18)14-8-12(3)9-15(17)11-14/h8-9,11,13,16H,4-7,10,18H2,1-3H3. The van der Waals surface area contributed by atoms with Crippen LogP contribution in [-0.2, 0) is 0 Å². The highest BCUT2D eigenvalue weighted by Gasteiger charge is 2.14. The zero-order valence-corrected chi connectivity index (χ0v) is 11.9. The van der Waals surface area contributed by atoms with Crippen molar-refractivity contribution < 1.29 is 4.39 Å². The van der Waals surface area contributed by atoms with E-state index in [9.17, 15) is 4.39 Å². The summed E-state index contributed by atoms with van der Waals surface area (Å²) in [6.45, 7) is 6.33. The van der Waals surface area contributed by atoms with Gasteiger partial charge in [-0.15, -0.1) is 0 Å². The van der Waals surface area contributed by atoms with E-state index in [2.05, 4.69) is 13.8 Å². The van der Waals surface area contributed by atoms with Crippen LogP contribution in [0.3, 0.4) is 0 Å². The fourth-order valence-corrected chi connectivity index (χ4v) is 2.46. The first-order valence-electron chi connectivity index (χ1n) is 7.09. The molecule has 2 heteroatoms. The van der Waals surface area contributed by atoms with E-state index in [4.69, 9.17) is 5.73 Å². The van der Waals surface area contributed by atoms with Crippen LogP contribution in [0.2, 0.25) is 0 Å². The highest BCUT2D eigenvalue weighted by molar-refractivity contribution is 5.26. The first-order chi connectivity index (χ1) is 8.56. The van der Waals surface area contributed by atoms with Gasteiger partial charge in [0.15, 0.2) is 0 Å². The monoisotopic (exact) mass is 251 g/mol. The third-order valence-electron chi connectivity index (χ3n) is 3.62. The normalized spacial score (nSPS) is 14.5. The van der Waals surface area contributed by atoms with Crippen molar-refractivity contribution >= 4 is 0 Å². The minimum atomic E-state index is -0.179. The van der Waals surface area contributed by atoms with Crippen LogP contribution in [0.1, 0.15) is 63.1 Å². The molecule has 1 aromatic rings. The quantitative estimate of drug-likeness (QED) is 0.744. The minimum Gasteiger partial charge on any atom is -0.324 e. The van der Waals surface area contributed by atoms with E-state index >= 15 is 0 Å². The molecule has 0 aliphatic carbocycles. The van der Waals surface area contributed by atoms with Gasteiger partial charge in [0, 0.05) is 6.04 Å². The molecular weight excluding hydrogens is 225 g/mol. The number of unbranched alkanes of at least 4 members (excludes halogenated alkanes) is 1. The Morgan fingerprint density at radius 1 is 1.22 bits per heavy atom. The maximum Gasteiger partial charge on any atom is 0.123 e. The van der Waals surface area contributed by atoms with E-state index in [0.717, 1.165) is 24.0 Å². The molecule has 1 nitrogen and oxygen atoms in total. The molecule has 0 aliphatic rings. The Bertz CT molecular complexity index is 342. The molecule has 18 heavy (non-hydrogen) atoms. The zero-order chi connectivity index (χ0) is 13.5. The first kappa shape index (κ1) is 15.2. The lowest BCUT2D eigenvalue weighted by atomic mass is 9.89. The number of aryl methyl sites for hydroxylation is 1. The number of hydrogen-bond acceptors (Lipinski definition) is 1. The van der Waals surface area contributed by atoms with E-state index in [1.54, 1.807) is 12.1 Å². The van der Waals surface area contributed by atoms with E-state index in [1.165, 1.54) is 19.3 Å². The molecular formula is C16H26FN. The van der Waals surface area contributed by atoms with Gasteiger partial charge in [0.2, 0.25) is 0 Å². The lowest BCUT2D eigenvalue weighted by Gasteiger charge is -2.20. The number of benzene rings is 1. The van der Waals surface area contributed by atoms with Crippen LogP contribution >= 0.6 is 0 Å². The molecule has 0 heterocycles. The van der Waals surface area contributed by atoms with Crippen molar-refractivity contribution in [1.29, 1.82) is 0 Å². The fourth-order valence-electron chi connectivity index (χ4n) is 2.46. The van der Waals surface area contributed by atoms with Crippen LogP contribution in [0.4, 0.5) is 4.39 Å². The molecule has 0 bridgehead atoms. The van der Waals surface area contributed by atoms with Crippen LogP contribution < -0.4 is 5.73 Å². The molecule has 0 saturated carbocycles. The highest BCUT2D eigenvalue weighted by Crippen LogP contribution is 2.26. The van der Waals surface area contributed by atoms with Crippen LogP contribution in [0.25, 0.3) is 0 Å². The van der Waals surface area contributed by atoms with Crippen molar-refractivity contribution in [3.63, 3.8) is 0 Å². The number of hydrogen-bond donors (Lipinski definition) is 1. The van der Waals surface area contributed by atoms with Gasteiger partial charge in [-0.05, 0) is 42.5 Å².